The number of hydrogen-bond acceptors (Lipinski definition) is 2. The summed E-state index contributed by atoms with van der Waals surface area (Å²) >= 11 is 0. The predicted molar refractivity (Wildman–Crippen MR) is 43.3 cm³/mol. The highest BCUT2D eigenvalue weighted by Crippen LogP contribution is 1.79. The van der Waals surface area contributed by atoms with Crippen molar-refractivity contribution in [2.24, 2.45) is 10.7 Å². The van der Waals surface area contributed by atoms with E-state index in [0.717, 1.165) is 13.0 Å². The van der Waals surface area contributed by atoms with Crippen LogP contribution in [0.3, 0.4) is 0 Å². The van der Waals surface area contributed by atoms with Crippen LogP contribution in [-0.4, -0.2) is 25.6 Å². The van der Waals surface area contributed by atoms with Gasteiger partial charge >= 0.3 is 0 Å². The molecule has 0 bridgehead atoms. The van der Waals surface area contributed by atoms with Crippen molar-refractivity contribution in [1.82, 2.24) is 0 Å². The van der Waals surface area contributed by atoms with Crippen LogP contribution in [0.4, 0.5) is 0 Å². The van der Waals surface area contributed by atoms with Crippen LogP contribution in [0.5, 0.6) is 0 Å². The summed E-state index contributed by atoms with van der Waals surface area (Å²) in [6.45, 7) is 5.97. The second kappa shape index (κ2) is 6.55. The number of rotatable bonds is 5. The molecule has 0 heterocycles. The average Bonchev–Trinajstić information content (AvgIpc) is 1.97. The first-order chi connectivity index (χ1) is 4.81. The predicted octanol–water partition coefficient (Wildman–Crippen LogP) is 0.790. The van der Waals surface area contributed by atoms with Gasteiger partial charge in [-0.1, -0.05) is 6.92 Å². The maximum atomic E-state index is 5.47. The van der Waals surface area contributed by atoms with Gasteiger partial charge in [0.05, 0.1) is 0 Å². The first-order valence-corrected chi connectivity index (χ1v) is 3.67. The average molecular weight is 144 g/mol. The lowest BCUT2D eigenvalue weighted by Crippen LogP contribution is -2.19. The molecular formula is C7H16N2O. The number of aliphatic imine (C=N–C) groups is 1. The van der Waals surface area contributed by atoms with Crippen molar-refractivity contribution in [3.05, 3.63) is 0 Å². The highest BCUT2D eigenvalue weighted by molar-refractivity contribution is 5.81. The zero-order valence-electron chi connectivity index (χ0n) is 6.76. The van der Waals surface area contributed by atoms with Crippen LogP contribution in [0.15, 0.2) is 4.99 Å². The molecule has 0 fully saturated rings. The van der Waals surface area contributed by atoms with Crippen LogP contribution in [0.1, 0.15) is 20.3 Å². The standard InChI is InChI=1S/C7H16N2O/c1-3-5-9-7(8)6-10-4-2/h3-6H2,1-2H3,(H2,8,9). The maximum absolute atomic E-state index is 5.47. The van der Waals surface area contributed by atoms with Crippen molar-refractivity contribution < 1.29 is 4.74 Å². The summed E-state index contributed by atoms with van der Waals surface area (Å²) in [5.74, 6) is 0.601. The Hall–Kier alpha value is -0.570. The zero-order chi connectivity index (χ0) is 7.82. The summed E-state index contributed by atoms with van der Waals surface area (Å²) in [5, 5.41) is 0. The van der Waals surface area contributed by atoms with Gasteiger partial charge in [-0.25, -0.2) is 0 Å². The third-order valence-corrected chi connectivity index (χ3v) is 0.993. The lowest BCUT2D eigenvalue weighted by atomic mass is 10.5. The van der Waals surface area contributed by atoms with Crippen molar-refractivity contribution in [1.29, 1.82) is 0 Å². The topological polar surface area (TPSA) is 47.6 Å². The third-order valence-electron chi connectivity index (χ3n) is 0.993. The maximum Gasteiger partial charge on any atom is 0.120 e. The Kier molecular flexibility index (Phi) is 6.18. The Morgan fingerprint density at radius 2 is 2.20 bits per heavy atom. The second-order valence-electron chi connectivity index (χ2n) is 2.01. The van der Waals surface area contributed by atoms with Crippen LogP contribution >= 0.6 is 0 Å². The molecule has 3 heteroatoms. The van der Waals surface area contributed by atoms with Crippen LogP contribution in [-0.2, 0) is 4.74 Å². The van der Waals surface area contributed by atoms with Gasteiger partial charge in [-0.05, 0) is 13.3 Å². The molecule has 0 aromatic heterocycles. The smallest absolute Gasteiger partial charge is 0.120 e. The first kappa shape index (κ1) is 9.43. The lowest BCUT2D eigenvalue weighted by Gasteiger charge is -1.99. The summed E-state index contributed by atoms with van der Waals surface area (Å²) in [6.07, 6.45) is 1.03. The molecule has 0 atom stereocenters. The van der Waals surface area contributed by atoms with E-state index in [1.165, 1.54) is 0 Å². The van der Waals surface area contributed by atoms with E-state index in [-0.39, 0.29) is 0 Å². The molecule has 3 nitrogen and oxygen atoms in total. The van der Waals surface area contributed by atoms with Gasteiger partial charge < -0.3 is 10.5 Å². The van der Waals surface area contributed by atoms with E-state index in [1.807, 2.05) is 6.92 Å². The van der Waals surface area contributed by atoms with Gasteiger partial charge in [0.25, 0.3) is 0 Å². The van der Waals surface area contributed by atoms with Crippen molar-refractivity contribution in [2.45, 2.75) is 20.3 Å². The zero-order valence-corrected chi connectivity index (χ0v) is 6.76. The van der Waals surface area contributed by atoms with Gasteiger partial charge in [-0.15, -0.1) is 0 Å². The molecular weight excluding hydrogens is 128 g/mol. The minimum atomic E-state index is 0.469. The molecule has 0 rings (SSSR count). The Labute approximate surface area is 62.3 Å². The Morgan fingerprint density at radius 1 is 1.50 bits per heavy atom. The lowest BCUT2D eigenvalue weighted by molar-refractivity contribution is 0.186. The highest BCUT2D eigenvalue weighted by Gasteiger charge is 1.88. The molecule has 0 saturated heterocycles. The molecule has 2 N–H and O–H groups in total. The fourth-order valence-corrected chi connectivity index (χ4v) is 0.508. The number of hydrogen-bond donors (Lipinski definition) is 1. The molecule has 0 saturated carbocycles. The summed E-state index contributed by atoms with van der Waals surface area (Å²) in [4.78, 5) is 4.05. The van der Waals surface area contributed by atoms with E-state index in [1.54, 1.807) is 0 Å². The monoisotopic (exact) mass is 144 g/mol. The normalized spacial score (nSPS) is 12.0. The first-order valence-electron chi connectivity index (χ1n) is 3.67. The number of amidine groups is 1. The molecule has 0 aliphatic rings. The second-order valence-corrected chi connectivity index (χ2v) is 2.01. The summed E-state index contributed by atoms with van der Waals surface area (Å²) in [5.41, 5.74) is 5.47. The Bertz CT molecular complexity index is 102. The molecule has 0 aromatic carbocycles. The highest BCUT2D eigenvalue weighted by atomic mass is 16.5. The van der Waals surface area contributed by atoms with Gasteiger partial charge in [0, 0.05) is 13.2 Å². The van der Waals surface area contributed by atoms with E-state index in [4.69, 9.17) is 10.5 Å². The molecule has 0 aromatic rings. The molecule has 0 spiro atoms. The molecule has 60 valence electrons. The van der Waals surface area contributed by atoms with Crippen molar-refractivity contribution in [2.75, 3.05) is 19.8 Å². The number of nitrogens with zero attached hydrogens (tertiary/aromatic N) is 1. The van der Waals surface area contributed by atoms with Crippen LogP contribution in [0, 0.1) is 0 Å². The van der Waals surface area contributed by atoms with Gasteiger partial charge in [0.1, 0.15) is 12.4 Å². The Morgan fingerprint density at radius 3 is 2.70 bits per heavy atom. The van der Waals surface area contributed by atoms with Crippen LogP contribution < -0.4 is 5.73 Å². The van der Waals surface area contributed by atoms with E-state index in [0.29, 0.717) is 19.0 Å². The summed E-state index contributed by atoms with van der Waals surface area (Å²) in [7, 11) is 0. The quantitative estimate of drug-likeness (QED) is 0.458. The minimum absolute atomic E-state index is 0.469. The van der Waals surface area contributed by atoms with Crippen molar-refractivity contribution in [3.63, 3.8) is 0 Å². The molecule has 0 aliphatic heterocycles. The molecule has 0 unspecified atom stereocenters. The van der Waals surface area contributed by atoms with Crippen molar-refractivity contribution >= 4 is 5.84 Å². The molecule has 0 radical (unpaired) electrons. The third kappa shape index (κ3) is 5.56. The minimum Gasteiger partial charge on any atom is -0.386 e. The van der Waals surface area contributed by atoms with E-state index < -0.39 is 0 Å². The fraction of sp³-hybridized carbons (Fsp3) is 0.857. The van der Waals surface area contributed by atoms with Gasteiger partial charge in [0.15, 0.2) is 0 Å². The van der Waals surface area contributed by atoms with E-state index in [9.17, 15) is 0 Å². The number of nitrogens with two attached hydrogens (primary N) is 1. The largest absolute Gasteiger partial charge is 0.386 e. The summed E-state index contributed by atoms with van der Waals surface area (Å²) in [6, 6.07) is 0. The summed E-state index contributed by atoms with van der Waals surface area (Å²) < 4.78 is 5.04. The SMILES string of the molecule is CCCN=C(N)COCC. The molecule has 0 amide bonds. The number of ether oxygens (including phenoxy) is 1. The van der Waals surface area contributed by atoms with Crippen LogP contribution in [0.2, 0.25) is 0 Å². The van der Waals surface area contributed by atoms with Crippen molar-refractivity contribution in [3.8, 4) is 0 Å². The molecule has 10 heavy (non-hydrogen) atoms. The van der Waals surface area contributed by atoms with Gasteiger partial charge in [-0.2, -0.15) is 0 Å². The van der Waals surface area contributed by atoms with Gasteiger partial charge in [0.2, 0.25) is 0 Å². The fourth-order valence-electron chi connectivity index (χ4n) is 0.508. The van der Waals surface area contributed by atoms with Gasteiger partial charge in [-0.3, -0.25) is 4.99 Å². The van der Waals surface area contributed by atoms with E-state index >= 15 is 0 Å². The van der Waals surface area contributed by atoms with E-state index in [2.05, 4.69) is 11.9 Å². The Balaban J connectivity index is 3.30. The molecule has 0 aliphatic carbocycles. The van der Waals surface area contributed by atoms with Crippen LogP contribution in [0.25, 0.3) is 0 Å².